The lowest BCUT2D eigenvalue weighted by atomic mass is 9.83. The molecule has 0 aliphatic carbocycles. The number of carbonyl (C=O) groups is 1. The summed E-state index contributed by atoms with van der Waals surface area (Å²) >= 11 is 0. The van der Waals surface area contributed by atoms with E-state index in [9.17, 15) is 4.79 Å². The molecule has 8 rings (SSSR count). The van der Waals surface area contributed by atoms with Crippen LogP contribution in [0.5, 0.6) is 11.8 Å². The van der Waals surface area contributed by atoms with Crippen molar-refractivity contribution >= 4 is 33.6 Å². The van der Waals surface area contributed by atoms with Crippen molar-refractivity contribution in [1.82, 2.24) is 30.1 Å². The van der Waals surface area contributed by atoms with E-state index in [1.807, 2.05) is 25.7 Å². The van der Waals surface area contributed by atoms with E-state index in [2.05, 4.69) is 31.0 Å². The van der Waals surface area contributed by atoms with E-state index < -0.39 is 17.2 Å². The molecule has 0 radical (unpaired) electrons. The molecule has 2 aromatic carbocycles. The number of nitrogens with zero attached hydrogens (tertiary/aromatic N) is 6. The molecule has 4 aromatic rings. The lowest BCUT2D eigenvalue weighted by Crippen LogP contribution is -2.57. The maximum atomic E-state index is 17.3. The summed E-state index contributed by atoms with van der Waals surface area (Å²) in [5.74, 6) is 3.60. The van der Waals surface area contributed by atoms with Crippen LogP contribution in [0, 0.1) is 35.8 Å². The number of piperidine rings is 2. The number of aromatic nitrogens is 3. The van der Waals surface area contributed by atoms with Crippen molar-refractivity contribution in [3.05, 3.63) is 47.7 Å². The molecule has 6 heterocycles. The first-order valence-electron chi connectivity index (χ1n) is 21.5. The van der Waals surface area contributed by atoms with Crippen molar-refractivity contribution < 1.29 is 32.5 Å². The van der Waals surface area contributed by atoms with Crippen LogP contribution in [0.4, 0.5) is 19.4 Å². The van der Waals surface area contributed by atoms with Crippen LogP contribution >= 0.6 is 0 Å². The minimum Gasteiger partial charge on any atom is -0.468 e. The predicted molar refractivity (Wildman–Crippen MR) is 227 cm³/mol. The van der Waals surface area contributed by atoms with Gasteiger partial charge in [-0.2, -0.15) is 9.97 Å². The number of fused-ring (bicyclic) bond motifs is 4. The monoisotopic (exact) mass is 825 g/mol. The number of hydrogen-bond donors (Lipinski definition) is 1. The number of benzene rings is 2. The highest BCUT2D eigenvalue weighted by atomic mass is 19.1. The number of rotatable bonds is 12. The summed E-state index contributed by atoms with van der Waals surface area (Å²) in [6.45, 7) is 12.2. The third-order valence-electron chi connectivity index (χ3n) is 12.5. The Bertz CT molecular complexity index is 2220. The Morgan fingerprint density at radius 2 is 1.72 bits per heavy atom. The van der Waals surface area contributed by atoms with E-state index in [0.29, 0.717) is 47.4 Å². The molecule has 2 atom stereocenters. The minimum atomic E-state index is -0.735. The van der Waals surface area contributed by atoms with Gasteiger partial charge in [-0.1, -0.05) is 12.0 Å². The van der Waals surface area contributed by atoms with Gasteiger partial charge in [-0.25, -0.2) is 13.6 Å². The van der Waals surface area contributed by atoms with Gasteiger partial charge in [-0.05, 0) is 134 Å². The standard InChI is InChI=1S/C46H57F2N7O5/c1-6-35-38(47)11-8-31-23-34(59-28-57-5)24-36(39(31)35)41-40(48)42-37(25-50-41)43(54-26-32-9-10-33(27-54)55(32)45(56)60-46(2,3)4)52-44(51-42)58-21-7-18-53-19-14-30(15-20-53)22-29-12-16-49-17-13-29/h1,8,11,23-25,29-30,32-33,49H,7,9-10,12-22,26-28H2,2-5H3. The fraction of sp³-hybridized carbons (Fsp3) is 0.565. The molecule has 4 aliphatic rings. The Morgan fingerprint density at radius 3 is 2.42 bits per heavy atom. The second-order valence-electron chi connectivity index (χ2n) is 17.8. The van der Waals surface area contributed by atoms with Crippen molar-refractivity contribution in [2.75, 3.05) is 71.2 Å². The SMILES string of the molecule is C#Cc1c(F)ccc2cc(OCOC)cc(-c3ncc4c(N5CC6CCC(C5)N6C(=O)OC(C)(C)C)nc(OCCCN5CCC(CC6CCNCC6)CC5)nc4c3F)c12. The summed E-state index contributed by atoms with van der Waals surface area (Å²) in [5.41, 5.74) is -0.463. The molecule has 4 saturated heterocycles. The lowest BCUT2D eigenvalue weighted by Gasteiger charge is -2.42. The molecule has 60 heavy (non-hydrogen) atoms. The maximum Gasteiger partial charge on any atom is 0.410 e. The van der Waals surface area contributed by atoms with Crippen LogP contribution in [-0.2, 0) is 9.47 Å². The fourth-order valence-electron chi connectivity index (χ4n) is 9.64. The summed E-state index contributed by atoms with van der Waals surface area (Å²) in [5, 5.41) is 4.74. The van der Waals surface area contributed by atoms with Crippen molar-refractivity contribution in [1.29, 1.82) is 0 Å². The number of hydrogen-bond acceptors (Lipinski definition) is 11. The van der Waals surface area contributed by atoms with Gasteiger partial charge >= 0.3 is 12.1 Å². The van der Waals surface area contributed by atoms with E-state index in [4.69, 9.17) is 30.4 Å². The van der Waals surface area contributed by atoms with Gasteiger partial charge in [-0.3, -0.25) is 9.88 Å². The first kappa shape index (κ1) is 41.9. The van der Waals surface area contributed by atoms with Crippen molar-refractivity contribution in [2.24, 2.45) is 11.8 Å². The topological polar surface area (TPSA) is 114 Å². The van der Waals surface area contributed by atoms with E-state index in [0.717, 1.165) is 63.8 Å². The summed E-state index contributed by atoms with van der Waals surface area (Å²) < 4.78 is 55.5. The average Bonchev–Trinajstić information content (AvgIpc) is 3.51. The number of halogens is 2. The Hall–Kier alpha value is -4.84. The summed E-state index contributed by atoms with van der Waals surface area (Å²) in [6.07, 6.45) is 15.8. The number of pyridine rings is 1. The largest absolute Gasteiger partial charge is 0.468 e. The number of methoxy groups -OCH3 is 1. The number of piperazine rings is 1. The van der Waals surface area contributed by atoms with E-state index in [-0.39, 0.29) is 53.3 Å². The number of terminal acetylenes is 1. The van der Waals surface area contributed by atoms with E-state index in [1.165, 1.54) is 45.3 Å². The van der Waals surface area contributed by atoms with Gasteiger partial charge in [0.25, 0.3) is 0 Å². The van der Waals surface area contributed by atoms with Crippen molar-refractivity contribution in [3.8, 4) is 35.4 Å². The van der Waals surface area contributed by atoms with Crippen molar-refractivity contribution in [3.63, 3.8) is 0 Å². The third kappa shape index (κ3) is 9.09. The fourth-order valence-corrected chi connectivity index (χ4v) is 9.64. The van der Waals surface area contributed by atoms with Crippen LogP contribution in [0.15, 0.2) is 30.5 Å². The Balaban J connectivity index is 1.08. The van der Waals surface area contributed by atoms with Crippen LogP contribution in [-0.4, -0.2) is 115 Å². The van der Waals surface area contributed by atoms with Gasteiger partial charge in [0.1, 0.15) is 34.2 Å². The van der Waals surface area contributed by atoms with Gasteiger partial charge in [-0.15, -0.1) is 6.42 Å². The van der Waals surface area contributed by atoms with Gasteiger partial charge in [0.15, 0.2) is 12.6 Å². The number of ether oxygens (including phenoxy) is 4. The van der Waals surface area contributed by atoms with Gasteiger partial charge < -0.3 is 34.1 Å². The summed E-state index contributed by atoms with van der Waals surface area (Å²) in [7, 11) is 1.50. The normalized spacial score (nSPS) is 20.5. The van der Waals surface area contributed by atoms with Crippen LogP contribution in [0.3, 0.4) is 0 Å². The van der Waals surface area contributed by atoms with Gasteiger partial charge in [0.2, 0.25) is 0 Å². The molecular formula is C46H57F2N7O5. The van der Waals surface area contributed by atoms with Crippen molar-refractivity contribution in [2.45, 2.75) is 89.8 Å². The first-order valence-corrected chi connectivity index (χ1v) is 21.5. The predicted octanol–water partition coefficient (Wildman–Crippen LogP) is 7.55. The molecule has 0 spiro atoms. The third-order valence-corrected chi connectivity index (χ3v) is 12.5. The molecule has 1 amide bonds. The zero-order valence-electron chi connectivity index (χ0n) is 35.3. The van der Waals surface area contributed by atoms with Gasteiger partial charge in [0.05, 0.1) is 29.6 Å². The number of nitrogens with one attached hydrogen (secondary N) is 1. The minimum absolute atomic E-state index is 0.00719. The Kier molecular flexibility index (Phi) is 12.6. The molecule has 0 saturated carbocycles. The quantitative estimate of drug-likeness (QED) is 0.0869. The summed E-state index contributed by atoms with van der Waals surface area (Å²) in [4.78, 5) is 34.0. The molecule has 1 N–H and O–H groups in total. The van der Waals surface area contributed by atoms with Crippen LogP contribution in [0.2, 0.25) is 0 Å². The zero-order chi connectivity index (χ0) is 42.0. The molecule has 14 heteroatoms. The lowest BCUT2D eigenvalue weighted by molar-refractivity contribution is 0.0122. The smallest absolute Gasteiger partial charge is 0.410 e. The molecule has 4 fully saturated rings. The number of amides is 1. The van der Waals surface area contributed by atoms with E-state index >= 15 is 8.78 Å². The molecule has 2 unspecified atom stereocenters. The molecule has 12 nitrogen and oxygen atoms in total. The molecular weight excluding hydrogens is 769 g/mol. The van der Waals surface area contributed by atoms with Crippen LogP contribution in [0.25, 0.3) is 32.9 Å². The maximum absolute atomic E-state index is 17.3. The summed E-state index contributed by atoms with van der Waals surface area (Å²) in [6, 6.07) is 5.95. The molecule has 4 aliphatic heterocycles. The molecule has 2 aromatic heterocycles. The number of anilines is 1. The second kappa shape index (κ2) is 18.0. The van der Waals surface area contributed by atoms with Crippen LogP contribution in [0.1, 0.15) is 77.7 Å². The Labute approximate surface area is 351 Å². The highest BCUT2D eigenvalue weighted by molar-refractivity contribution is 6.03. The number of likely N-dealkylation sites (tertiary alicyclic amines) is 1. The zero-order valence-corrected chi connectivity index (χ0v) is 35.3. The number of carbonyl (C=O) groups excluding carboxylic acids is 1. The first-order chi connectivity index (χ1) is 29.0. The Morgan fingerprint density at radius 1 is 0.983 bits per heavy atom. The average molecular weight is 826 g/mol. The van der Waals surface area contributed by atoms with Gasteiger partial charge in [0, 0.05) is 43.9 Å². The van der Waals surface area contributed by atoms with E-state index in [1.54, 1.807) is 24.4 Å². The second-order valence-corrected chi connectivity index (χ2v) is 17.8. The van der Waals surface area contributed by atoms with Crippen LogP contribution < -0.4 is 19.7 Å². The highest BCUT2D eigenvalue weighted by Gasteiger charge is 2.45. The molecule has 320 valence electrons. The molecule has 2 bridgehead atoms. The highest BCUT2D eigenvalue weighted by Crippen LogP contribution is 2.41.